The molecule has 0 bridgehead atoms. The van der Waals surface area contributed by atoms with Crippen LogP contribution in [0.15, 0.2) is 78.9 Å². The summed E-state index contributed by atoms with van der Waals surface area (Å²) in [6, 6.07) is 26.0. The molecule has 0 radical (unpaired) electrons. The summed E-state index contributed by atoms with van der Waals surface area (Å²) in [5, 5.41) is 28.9. The Balaban J connectivity index is 1.61. The highest BCUT2D eigenvalue weighted by Crippen LogP contribution is 2.36. The Hall–Kier alpha value is -3.12. The van der Waals surface area contributed by atoms with Crippen LogP contribution in [0.4, 0.5) is 0 Å². The second-order valence-corrected chi connectivity index (χ2v) is 8.98. The summed E-state index contributed by atoms with van der Waals surface area (Å²) < 4.78 is 6.02. The second kappa shape index (κ2) is 12.5. The number of allylic oxidation sites excluding steroid dienone is 1. The van der Waals surface area contributed by atoms with Gasteiger partial charge in [-0.2, -0.15) is 0 Å². The lowest BCUT2D eigenvalue weighted by atomic mass is 9.87. The minimum Gasteiger partial charge on any atom is -0.508 e. The fraction of sp³-hybridized carbons (Fsp3) is 0.333. The molecular weight excluding hydrogens is 438 g/mol. The van der Waals surface area contributed by atoms with E-state index in [9.17, 15) is 15.3 Å². The van der Waals surface area contributed by atoms with Gasteiger partial charge in [-0.25, -0.2) is 0 Å². The van der Waals surface area contributed by atoms with Gasteiger partial charge in [0.2, 0.25) is 0 Å². The quantitative estimate of drug-likeness (QED) is 0.343. The minimum absolute atomic E-state index is 0.125. The molecule has 35 heavy (non-hydrogen) atoms. The Bertz CT molecular complexity index is 1080. The Labute approximate surface area is 207 Å². The first-order valence-electron chi connectivity index (χ1n) is 12.5. The summed E-state index contributed by atoms with van der Waals surface area (Å²) in [7, 11) is 0. The molecule has 1 atom stereocenters. The Morgan fingerprint density at radius 1 is 0.857 bits per heavy atom. The molecule has 1 aliphatic heterocycles. The lowest BCUT2D eigenvalue weighted by Crippen LogP contribution is -2.35. The molecule has 0 spiro atoms. The maximum atomic E-state index is 9.85. The van der Waals surface area contributed by atoms with E-state index in [2.05, 4.69) is 29.2 Å². The molecule has 1 fully saturated rings. The Morgan fingerprint density at radius 3 is 2.20 bits per heavy atom. The Morgan fingerprint density at radius 2 is 1.54 bits per heavy atom. The van der Waals surface area contributed by atoms with Crippen LogP contribution >= 0.6 is 0 Å². The summed E-state index contributed by atoms with van der Waals surface area (Å²) in [5.74, 6) is 1.05. The van der Waals surface area contributed by atoms with Gasteiger partial charge in [-0.1, -0.05) is 54.6 Å². The van der Waals surface area contributed by atoms with Crippen molar-refractivity contribution in [2.45, 2.75) is 31.7 Å². The van der Waals surface area contributed by atoms with Crippen LogP contribution in [0.25, 0.3) is 11.1 Å². The topological polar surface area (TPSA) is 73.2 Å². The van der Waals surface area contributed by atoms with Crippen molar-refractivity contribution in [1.82, 2.24) is 4.90 Å². The van der Waals surface area contributed by atoms with Crippen LogP contribution in [-0.4, -0.2) is 59.2 Å². The van der Waals surface area contributed by atoms with Gasteiger partial charge >= 0.3 is 0 Å². The number of hydrogen-bond donors (Lipinski definition) is 3. The van der Waals surface area contributed by atoms with Gasteiger partial charge in [0, 0.05) is 19.2 Å². The van der Waals surface area contributed by atoms with E-state index in [0.29, 0.717) is 13.0 Å². The molecule has 0 saturated carbocycles. The zero-order valence-corrected chi connectivity index (χ0v) is 20.1. The van der Waals surface area contributed by atoms with E-state index < -0.39 is 0 Å². The number of aliphatic hydroxyl groups excluding tert-OH is 2. The molecular formula is C30H35NO4. The number of phenolic OH excluding ortho intramolecular Hbond substituents is 1. The maximum absolute atomic E-state index is 9.85. The fourth-order valence-electron chi connectivity index (χ4n) is 4.85. The predicted octanol–water partition coefficient (Wildman–Crippen LogP) is 4.96. The number of likely N-dealkylation sites (tertiary alicyclic amines) is 1. The number of ether oxygens (including phenoxy) is 1. The van der Waals surface area contributed by atoms with Gasteiger partial charge < -0.3 is 20.1 Å². The predicted molar refractivity (Wildman–Crippen MR) is 140 cm³/mol. The second-order valence-electron chi connectivity index (χ2n) is 8.98. The van der Waals surface area contributed by atoms with Crippen molar-refractivity contribution in [3.63, 3.8) is 0 Å². The molecule has 5 nitrogen and oxygen atoms in total. The molecule has 3 aromatic carbocycles. The van der Waals surface area contributed by atoms with Gasteiger partial charge in [0.05, 0.1) is 6.61 Å². The first-order valence-corrected chi connectivity index (χ1v) is 12.5. The molecule has 0 amide bonds. The van der Waals surface area contributed by atoms with Crippen molar-refractivity contribution in [2.24, 2.45) is 0 Å². The number of aromatic hydroxyl groups is 1. The highest BCUT2D eigenvalue weighted by molar-refractivity contribution is 5.98. The summed E-state index contributed by atoms with van der Waals surface area (Å²) in [5.41, 5.74) is 5.42. The average Bonchev–Trinajstić information content (AvgIpc) is 3.36. The lowest BCUT2D eigenvalue weighted by Gasteiger charge is -2.22. The highest BCUT2D eigenvalue weighted by Gasteiger charge is 2.23. The standard InChI is InChI=1S/C30H35NO4/c32-20-5-9-29(23-6-2-1-3-7-23)30(24-10-14-27(34)15-11-24)25-12-16-28(17-13-25)35-21-19-31-18-4-8-26(31)22-33/h1-3,6-7,10-17,26,32-34H,4-5,8-9,18-22H2/b30-29-/t26-/m1/s1. The van der Waals surface area contributed by atoms with E-state index in [0.717, 1.165) is 65.9 Å². The van der Waals surface area contributed by atoms with Crippen molar-refractivity contribution < 1.29 is 20.1 Å². The Kier molecular flexibility index (Phi) is 8.96. The molecule has 3 aromatic rings. The van der Waals surface area contributed by atoms with E-state index in [1.807, 2.05) is 42.5 Å². The zero-order valence-electron chi connectivity index (χ0n) is 20.1. The summed E-state index contributed by atoms with van der Waals surface area (Å²) in [6.07, 6.45) is 3.58. The van der Waals surface area contributed by atoms with E-state index in [1.165, 1.54) is 0 Å². The molecule has 1 heterocycles. The van der Waals surface area contributed by atoms with Crippen LogP contribution in [0.5, 0.6) is 11.5 Å². The van der Waals surface area contributed by atoms with Crippen LogP contribution in [0.2, 0.25) is 0 Å². The highest BCUT2D eigenvalue weighted by atomic mass is 16.5. The third kappa shape index (κ3) is 6.51. The van der Waals surface area contributed by atoms with Crippen LogP contribution in [0, 0.1) is 0 Å². The van der Waals surface area contributed by atoms with E-state index in [4.69, 9.17) is 4.74 Å². The number of aliphatic hydroxyl groups is 2. The third-order valence-electron chi connectivity index (χ3n) is 6.66. The van der Waals surface area contributed by atoms with Crippen LogP contribution in [0.3, 0.4) is 0 Å². The number of benzene rings is 3. The monoisotopic (exact) mass is 473 g/mol. The molecule has 4 rings (SSSR count). The van der Waals surface area contributed by atoms with Gasteiger partial charge in [0.1, 0.15) is 18.1 Å². The van der Waals surface area contributed by atoms with Crippen molar-refractivity contribution in [3.05, 3.63) is 95.6 Å². The van der Waals surface area contributed by atoms with Gasteiger partial charge in [0.25, 0.3) is 0 Å². The molecule has 1 saturated heterocycles. The van der Waals surface area contributed by atoms with Crippen molar-refractivity contribution in [1.29, 1.82) is 0 Å². The van der Waals surface area contributed by atoms with Gasteiger partial charge in [0.15, 0.2) is 0 Å². The number of nitrogens with zero attached hydrogens (tertiary/aromatic N) is 1. The SMILES string of the molecule is OCCC/C(=C(\c1ccc(O)cc1)c1ccc(OCCN2CCC[C@@H]2CO)cc1)c1ccccc1. The third-order valence-corrected chi connectivity index (χ3v) is 6.66. The molecule has 0 aromatic heterocycles. The van der Waals surface area contributed by atoms with E-state index in [1.54, 1.807) is 12.1 Å². The summed E-state index contributed by atoms with van der Waals surface area (Å²) >= 11 is 0. The summed E-state index contributed by atoms with van der Waals surface area (Å²) in [4.78, 5) is 2.30. The number of hydrogen-bond acceptors (Lipinski definition) is 5. The van der Waals surface area contributed by atoms with Crippen LogP contribution < -0.4 is 4.74 Å². The number of phenols is 1. The molecule has 0 unspecified atom stereocenters. The van der Waals surface area contributed by atoms with E-state index in [-0.39, 0.29) is 25.0 Å². The van der Waals surface area contributed by atoms with Crippen LogP contribution in [-0.2, 0) is 0 Å². The normalized spacial score (nSPS) is 16.8. The van der Waals surface area contributed by atoms with E-state index >= 15 is 0 Å². The van der Waals surface area contributed by atoms with Crippen molar-refractivity contribution >= 4 is 11.1 Å². The summed E-state index contributed by atoms with van der Waals surface area (Å²) in [6.45, 7) is 2.75. The molecule has 3 N–H and O–H groups in total. The number of rotatable bonds is 11. The van der Waals surface area contributed by atoms with Gasteiger partial charge in [-0.05, 0) is 84.3 Å². The average molecular weight is 474 g/mol. The first kappa shape index (κ1) is 25.0. The maximum Gasteiger partial charge on any atom is 0.119 e. The van der Waals surface area contributed by atoms with Gasteiger partial charge in [-0.3, -0.25) is 4.90 Å². The molecule has 0 aliphatic carbocycles. The van der Waals surface area contributed by atoms with Gasteiger partial charge in [-0.15, -0.1) is 0 Å². The fourth-order valence-corrected chi connectivity index (χ4v) is 4.85. The zero-order chi connectivity index (χ0) is 24.5. The molecule has 1 aliphatic rings. The van der Waals surface area contributed by atoms with Crippen LogP contribution in [0.1, 0.15) is 42.4 Å². The first-order chi connectivity index (χ1) is 17.2. The molecule has 5 heteroatoms. The largest absolute Gasteiger partial charge is 0.508 e. The molecule has 184 valence electrons. The minimum atomic E-state index is 0.125. The van der Waals surface area contributed by atoms with Crippen molar-refractivity contribution in [2.75, 3.05) is 32.9 Å². The van der Waals surface area contributed by atoms with Crippen molar-refractivity contribution in [3.8, 4) is 11.5 Å². The lowest BCUT2D eigenvalue weighted by molar-refractivity contribution is 0.139. The smallest absolute Gasteiger partial charge is 0.119 e.